The molecule has 1 fully saturated rings. The molecule has 0 radical (unpaired) electrons. The van der Waals surface area contributed by atoms with E-state index < -0.39 is 4.92 Å². The van der Waals surface area contributed by atoms with Crippen LogP contribution in [0, 0.1) is 20.9 Å². The number of nitrogen functional groups attached to an aromatic ring is 1. The third-order valence-electron chi connectivity index (χ3n) is 7.67. The van der Waals surface area contributed by atoms with Crippen molar-refractivity contribution in [3.8, 4) is 22.4 Å². The highest BCUT2D eigenvalue weighted by atomic mass is 16.6. The largest absolute Gasteiger partial charge is 0.378 e. The number of nitrogens with two attached hydrogens (primary N) is 1. The Kier molecular flexibility index (Phi) is 8.51. The Morgan fingerprint density at radius 3 is 2.22 bits per heavy atom. The highest BCUT2D eigenvalue weighted by Gasteiger charge is 2.39. The fourth-order valence-electron chi connectivity index (χ4n) is 4.82. The summed E-state index contributed by atoms with van der Waals surface area (Å²) in [4.78, 5) is 18.0. The van der Waals surface area contributed by atoms with Crippen LogP contribution in [0.3, 0.4) is 0 Å². The number of benzene rings is 2. The Bertz CT molecular complexity index is 1170. The van der Waals surface area contributed by atoms with Gasteiger partial charge in [0.05, 0.1) is 10.6 Å². The first-order valence-corrected chi connectivity index (χ1v) is 12.9. The van der Waals surface area contributed by atoms with E-state index in [1.54, 1.807) is 0 Å². The van der Waals surface area contributed by atoms with Gasteiger partial charge in [0.25, 0.3) is 0 Å². The monoisotopic (exact) mass is 488 g/mol. The van der Waals surface area contributed by atoms with Gasteiger partial charge in [0.1, 0.15) is 0 Å². The van der Waals surface area contributed by atoms with E-state index >= 15 is 0 Å². The zero-order valence-electron chi connectivity index (χ0n) is 22.5. The van der Waals surface area contributed by atoms with Gasteiger partial charge in [-0.1, -0.05) is 96.1 Å². The van der Waals surface area contributed by atoms with E-state index in [1.807, 2.05) is 56.3 Å². The van der Waals surface area contributed by atoms with Gasteiger partial charge in [0, 0.05) is 30.3 Å². The van der Waals surface area contributed by atoms with Crippen LogP contribution in [0.4, 0.5) is 11.5 Å². The topological polar surface area (TPSA) is 85.3 Å². The first kappa shape index (κ1) is 27.3. The number of pyridine rings is 1. The Balaban J connectivity index is 0.00000176. The quantitative estimate of drug-likeness (QED) is 0.295. The standard InChI is InChI=1S/C28H34N4O2.C2H6/c1-27(2)15-8-16-31(19-28(27,3)4)18-20-11-13-22(14-12-20)25-23(21-9-6-5-7-10-21)17-24(32(33)34)26(29)30-25;1-2/h5-7,9-14,17H,8,15-16,18-19H2,1-4H3,(H2,29,30);1-2H3. The molecule has 1 saturated heterocycles. The van der Waals surface area contributed by atoms with Crippen LogP contribution >= 0.6 is 0 Å². The van der Waals surface area contributed by atoms with Gasteiger partial charge in [-0.25, -0.2) is 4.98 Å². The van der Waals surface area contributed by atoms with Gasteiger partial charge in [-0.3, -0.25) is 15.0 Å². The molecule has 0 aliphatic carbocycles. The first-order chi connectivity index (χ1) is 17.1. The number of aromatic nitrogens is 1. The van der Waals surface area contributed by atoms with Gasteiger partial charge in [-0.15, -0.1) is 0 Å². The molecule has 3 aromatic rings. The molecular weight excluding hydrogens is 448 g/mol. The Morgan fingerprint density at radius 1 is 0.972 bits per heavy atom. The summed E-state index contributed by atoms with van der Waals surface area (Å²) < 4.78 is 0. The van der Waals surface area contributed by atoms with Gasteiger partial charge in [0.2, 0.25) is 5.82 Å². The second-order valence-electron chi connectivity index (χ2n) is 10.7. The minimum atomic E-state index is -0.481. The predicted molar refractivity (Wildman–Crippen MR) is 150 cm³/mol. The van der Waals surface area contributed by atoms with Gasteiger partial charge in [-0.05, 0) is 41.3 Å². The van der Waals surface area contributed by atoms with E-state index in [2.05, 4.69) is 49.7 Å². The number of rotatable bonds is 5. The maximum atomic E-state index is 11.5. The normalized spacial score (nSPS) is 16.9. The summed E-state index contributed by atoms with van der Waals surface area (Å²) in [7, 11) is 0. The molecule has 2 N–H and O–H groups in total. The molecule has 1 aliphatic rings. The van der Waals surface area contributed by atoms with Crippen LogP contribution in [0.2, 0.25) is 0 Å². The molecule has 1 aromatic heterocycles. The number of nitro groups is 1. The van der Waals surface area contributed by atoms with Crippen molar-refractivity contribution in [1.29, 1.82) is 0 Å². The molecule has 192 valence electrons. The van der Waals surface area contributed by atoms with Gasteiger partial charge in [0.15, 0.2) is 0 Å². The molecule has 0 spiro atoms. The van der Waals surface area contributed by atoms with Crippen LogP contribution in [-0.2, 0) is 6.54 Å². The Labute approximate surface area is 215 Å². The van der Waals surface area contributed by atoms with Crippen molar-refractivity contribution < 1.29 is 4.92 Å². The number of nitrogens with zero attached hydrogens (tertiary/aromatic N) is 3. The second kappa shape index (κ2) is 11.2. The molecule has 0 saturated carbocycles. The molecule has 1 aliphatic heterocycles. The highest BCUT2D eigenvalue weighted by molar-refractivity contribution is 5.84. The third kappa shape index (κ3) is 5.93. The van der Waals surface area contributed by atoms with Crippen LogP contribution < -0.4 is 5.73 Å². The molecule has 0 unspecified atom stereocenters. The molecule has 6 heteroatoms. The molecule has 6 nitrogen and oxygen atoms in total. The van der Waals surface area contributed by atoms with Crippen molar-refractivity contribution in [2.24, 2.45) is 10.8 Å². The summed E-state index contributed by atoms with van der Waals surface area (Å²) in [5.41, 5.74) is 10.7. The van der Waals surface area contributed by atoms with Crippen molar-refractivity contribution in [2.75, 3.05) is 18.8 Å². The third-order valence-corrected chi connectivity index (χ3v) is 7.67. The Hall–Kier alpha value is -3.25. The van der Waals surface area contributed by atoms with Crippen LogP contribution in [-0.4, -0.2) is 27.9 Å². The lowest BCUT2D eigenvalue weighted by molar-refractivity contribution is -0.384. The summed E-state index contributed by atoms with van der Waals surface area (Å²) in [6.45, 7) is 16.6. The zero-order valence-corrected chi connectivity index (χ0v) is 22.5. The van der Waals surface area contributed by atoms with Crippen molar-refractivity contribution in [1.82, 2.24) is 9.88 Å². The van der Waals surface area contributed by atoms with Crippen LogP contribution in [0.5, 0.6) is 0 Å². The number of hydrogen-bond acceptors (Lipinski definition) is 5. The number of anilines is 1. The smallest absolute Gasteiger partial charge is 0.311 e. The number of hydrogen-bond donors (Lipinski definition) is 1. The van der Waals surface area contributed by atoms with Crippen molar-refractivity contribution in [3.63, 3.8) is 0 Å². The predicted octanol–water partition coefficient (Wildman–Crippen LogP) is 7.58. The summed E-state index contributed by atoms with van der Waals surface area (Å²) >= 11 is 0. The molecule has 4 rings (SSSR count). The fourth-order valence-corrected chi connectivity index (χ4v) is 4.82. The molecular formula is C30H40N4O2. The lowest BCUT2D eigenvalue weighted by atomic mass is 9.66. The van der Waals surface area contributed by atoms with Crippen LogP contribution in [0.1, 0.15) is 59.9 Å². The van der Waals surface area contributed by atoms with E-state index in [-0.39, 0.29) is 16.9 Å². The highest BCUT2D eigenvalue weighted by Crippen LogP contribution is 2.45. The van der Waals surface area contributed by atoms with Crippen LogP contribution in [0.15, 0.2) is 60.7 Å². The van der Waals surface area contributed by atoms with E-state index in [9.17, 15) is 10.1 Å². The maximum Gasteiger partial charge on any atom is 0.311 e. The minimum absolute atomic E-state index is 0.0711. The van der Waals surface area contributed by atoms with E-state index in [0.717, 1.165) is 30.8 Å². The molecule has 0 bridgehead atoms. The summed E-state index contributed by atoms with van der Waals surface area (Å²) in [6.07, 6.45) is 2.45. The molecule has 0 atom stereocenters. The average molecular weight is 489 g/mol. The van der Waals surface area contributed by atoms with Crippen molar-refractivity contribution >= 4 is 11.5 Å². The molecule has 2 aromatic carbocycles. The lowest BCUT2D eigenvalue weighted by Crippen LogP contribution is -2.40. The summed E-state index contributed by atoms with van der Waals surface area (Å²) in [6, 6.07) is 19.5. The zero-order chi connectivity index (χ0) is 26.5. The van der Waals surface area contributed by atoms with Crippen molar-refractivity contribution in [3.05, 3.63) is 76.3 Å². The average Bonchev–Trinajstić information content (AvgIpc) is 2.95. The van der Waals surface area contributed by atoms with E-state index in [0.29, 0.717) is 16.7 Å². The SMILES string of the molecule is CC.CC1(C)CCCN(Cc2ccc(-c3nc(N)c([N+](=O)[O-])cc3-c3ccccc3)cc2)CC1(C)C. The fraction of sp³-hybridized carbons (Fsp3) is 0.433. The maximum absolute atomic E-state index is 11.5. The van der Waals surface area contributed by atoms with Crippen molar-refractivity contribution in [2.45, 2.75) is 60.9 Å². The number of likely N-dealkylation sites (tertiary alicyclic amines) is 1. The first-order valence-electron chi connectivity index (χ1n) is 12.9. The van der Waals surface area contributed by atoms with Crippen LogP contribution in [0.25, 0.3) is 22.4 Å². The van der Waals surface area contributed by atoms with Gasteiger partial charge < -0.3 is 5.73 Å². The van der Waals surface area contributed by atoms with E-state index in [4.69, 9.17) is 5.73 Å². The van der Waals surface area contributed by atoms with Gasteiger partial charge >= 0.3 is 5.69 Å². The summed E-state index contributed by atoms with van der Waals surface area (Å²) in [5.74, 6) is -0.0711. The Morgan fingerprint density at radius 2 is 1.61 bits per heavy atom. The lowest BCUT2D eigenvalue weighted by Gasteiger charge is -2.42. The molecule has 0 amide bonds. The second-order valence-corrected chi connectivity index (χ2v) is 10.7. The molecule has 2 heterocycles. The summed E-state index contributed by atoms with van der Waals surface area (Å²) in [5, 5.41) is 11.5. The molecule has 36 heavy (non-hydrogen) atoms. The van der Waals surface area contributed by atoms with Gasteiger partial charge in [-0.2, -0.15) is 0 Å². The minimum Gasteiger partial charge on any atom is -0.378 e. The van der Waals surface area contributed by atoms with E-state index in [1.165, 1.54) is 24.5 Å².